The van der Waals surface area contributed by atoms with Crippen LogP contribution < -0.4 is 0 Å². The second kappa shape index (κ2) is 6.57. The molecule has 0 aliphatic carbocycles. The van der Waals surface area contributed by atoms with Gasteiger partial charge in [-0.25, -0.2) is 4.39 Å². The molecule has 1 unspecified atom stereocenters. The summed E-state index contributed by atoms with van der Waals surface area (Å²) in [7, 11) is 0. The van der Waals surface area contributed by atoms with Gasteiger partial charge in [0.15, 0.2) is 0 Å². The summed E-state index contributed by atoms with van der Waals surface area (Å²) < 4.78 is 13.0. The molecule has 0 spiro atoms. The third-order valence-electron chi connectivity index (χ3n) is 3.13. The summed E-state index contributed by atoms with van der Waals surface area (Å²) in [5.74, 6) is -0.380. The molecule has 0 aromatic heterocycles. The van der Waals surface area contributed by atoms with Gasteiger partial charge >= 0.3 is 0 Å². The number of aryl methyl sites for hydroxylation is 1. The van der Waals surface area contributed by atoms with Gasteiger partial charge in [-0.2, -0.15) is 0 Å². The molecule has 0 aliphatic heterocycles. The fraction of sp³-hybridized carbons (Fsp3) is 0.250. The van der Waals surface area contributed by atoms with Crippen molar-refractivity contribution in [3.63, 3.8) is 0 Å². The second-order valence-electron chi connectivity index (χ2n) is 4.89. The number of benzene rings is 2. The van der Waals surface area contributed by atoms with Crippen LogP contribution in [0.15, 0.2) is 36.4 Å². The van der Waals surface area contributed by atoms with Gasteiger partial charge in [0.25, 0.3) is 0 Å². The van der Waals surface area contributed by atoms with E-state index in [2.05, 4.69) is 0 Å². The predicted molar refractivity (Wildman–Crippen MR) is 81.0 cm³/mol. The normalized spacial score (nSPS) is 12.4. The Hall–Kier alpha value is -1.09. The van der Waals surface area contributed by atoms with E-state index >= 15 is 0 Å². The Morgan fingerprint density at radius 3 is 2.10 bits per heavy atom. The molecule has 0 amide bonds. The van der Waals surface area contributed by atoms with E-state index in [-0.39, 0.29) is 5.82 Å². The molecule has 0 saturated heterocycles. The van der Waals surface area contributed by atoms with Crippen LogP contribution in [0.1, 0.15) is 16.7 Å². The second-order valence-corrected chi connectivity index (χ2v) is 5.71. The molecule has 106 valence electrons. The van der Waals surface area contributed by atoms with Crippen LogP contribution in [-0.4, -0.2) is 11.2 Å². The zero-order valence-corrected chi connectivity index (χ0v) is 12.5. The lowest BCUT2D eigenvalue weighted by Gasteiger charge is -2.13. The summed E-state index contributed by atoms with van der Waals surface area (Å²) in [5, 5.41) is 11.1. The lowest BCUT2D eigenvalue weighted by atomic mass is 10.0. The molecule has 2 aromatic carbocycles. The first-order chi connectivity index (χ1) is 9.45. The van der Waals surface area contributed by atoms with E-state index in [0.29, 0.717) is 22.9 Å². The maximum absolute atomic E-state index is 13.0. The summed E-state index contributed by atoms with van der Waals surface area (Å²) in [4.78, 5) is 0. The Morgan fingerprint density at radius 2 is 1.55 bits per heavy atom. The summed E-state index contributed by atoms with van der Waals surface area (Å²) in [6.07, 6.45) is 0.189. The molecule has 2 aromatic rings. The van der Waals surface area contributed by atoms with Crippen LogP contribution in [0, 0.1) is 12.7 Å². The molecule has 0 aliphatic rings. The molecule has 0 saturated carbocycles. The highest BCUT2D eigenvalue weighted by atomic mass is 35.5. The number of aliphatic hydroxyl groups excluding tert-OH is 1. The van der Waals surface area contributed by atoms with Crippen LogP contribution >= 0.6 is 23.2 Å². The van der Waals surface area contributed by atoms with Crippen molar-refractivity contribution in [1.29, 1.82) is 0 Å². The number of rotatable bonds is 4. The fourth-order valence-electron chi connectivity index (χ4n) is 2.08. The highest BCUT2D eigenvalue weighted by molar-refractivity contribution is 6.31. The summed E-state index contributed by atoms with van der Waals surface area (Å²) in [6.45, 7) is 1.96. The molecule has 0 fully saturated rings. The quantitative estimate of drug-likeness (QED) is 0.875. The average molecular weight is 313 g/mol. The SMILES string of the molecule is Cc1ccc(CC(O)Cc2ccc(F)cc2Cl)c(Cl)c1. The van der Waals surface area contributed by atoms with Gasteiger partial charge in [-0.05, 0) is 41.8 Å². The average Bonchev–Trinajstić information content (AvgIpc) is 2.36. The Labute approximate surface area is 128 Å². The molecule has 0 bridgehead atoms. The van der Waals surface area contributed by atoms with Gasteiger partial charge in [-0.1, -0.05) is 41.4 Å². The molecular weight excluding hydrogens is 298 g/mol. The molecule has 0 radical (unpaired) electrons. The van der Waals surface area contributed by atoms with Crippen molar-refractivity contribution in [2.75, 3.05) is 0 Å². The van der Waals surface area contributed by atoms with Gasteiger partial charge in [0.2, 0.25) is 0 Å². The third-order valence-corrected chi connectivity index (χ3v) is 3.84. The fourth-order valence-corrected chi connectivity index (χ4v) is 2.64. The van der Waals surface area contributed by atoms with E-state index in [1.54, 1.807) is 6.07 Å². The van der Waals surface area contributed by atoms with Crippen molar-refractivity contribution >= 4 is 23.2 Å². The zero-order valence-electron chi connectivity index (χ0n) is 11.0. The smallest absolute Gasteiger partial charge is 0.124 e. The van der Waals surface area contributed by atoms with Gasteiger partial charge in [-0.3, -0.25) is 0 Å². The Kier molecular flexibility index (Phi) is 5.03. The maximum Gasteiger partial charge on any atom is 0.124 e. The van der Waals surface area contributed by atoms with E-state index in [0.717, 1.165) is 16.7 Å². The van der Waals surface area contributed by atoms with E-state index in [1.165, 1.54) is 12.1 Å². The lowest BCUT2D eigenvalue weighted by Crippen LogP contribution is -2.14. The van der Waals surface area contributed by atoms with Crippen LogP contribution in [0.25, 0.3) is 0 Å². The number of halogens is 3. The number of hydrogen-bond donors (Lipinski definition) is 1. The highest BCUT2D eigenvalue weighted by Crippen LogP contribution is 2.22. The van der Waals surface area contributed by atoms with E-state index in [4.69, 9.17) is 23.2 Å². The van der Waals surface area contributed by atoms with Crippen molar-refractivity contribution in [1.82, 2.24) is 0 Å². The molecule has 4 heteroatoms. The molecule has 2 rings (SSSR count). The third kappa shape index (κ3) is 3.95. The van der Waals surface area contributed by atoms with E-state index in [9.17, 15) is 9.50 Å². The van der Waals surface area contributed by atoms with Crippen LogP contribution in [-0.2, 0) is 12.8 Å². The number of hydrogen-bond acceptors (Lipinski definition) is 1. The van der Waals surface area contributed by atoms with Gasteiger partial charge < -0.3 is 5.11 Å². The zero-order chi connectivity index (χ0) is 14.7. The molecular formula is C16H15Cl2FO. The van der Waals surface area contributed by atoms with Gasteiger partial charge in [0, 0.05) is 22.9 Å². The van der Waals surface area contributed by atoms with Crippen molar-refractivity contribution < 1.29 is 9.50 Å². The predicted octanol–water partition coefficient (Wildman–Crippen LogP) is 4.59. The van der Waals surface area contributed by atoms with Crippen molar-refractivity contribution in [3.8, 4) is 0 Å². The topological polar surface area (TPSA) is 20.2 Å². The number of aliphatic hydroxyl groups is 1. The Bertz CT molecular complexity index is 560. The first kappa shape index (κ1) is 15.3. The molecule has 20 heavy (non-hydrogen) atoms. The minimum absolute atomic E-state index is 0.332. The van der Waals surface area contributed by atoms with Crippen LogP contribution in [0.2, 0.25) is 10.0 Å². The van der Waals surface area contributed by atoms with Gasteiger partial charge in [0.05, 0.1) is 6.10 Å². The Morgan fingerprint density at radius 1 is 1.00 bits per heavy atom. The first-order valence-electron chi connectivity index (χ1n) is 6.32. The highest BCUT2D eigenvalue weighted by Gasteiger charge is 2.12. The maximum atomic E-state index is 13.0. The standard InChI is InChI=1S/C16H15Cl2FO/c1-10-2-3-11(15(17)6-10)7-14(20)8-12-4-5-13(19)9-16(12)18/h2-6,9,14,20H,7-8H2,1H3. The minimum atomic E-state index is -0.613. The van der Waals surface area contributed by atoms with Crippen molar-refractivity contribution in [2.45, 2.75) is 25.9 Å². The van der Waals surface area contributed by atoms with Crippen LogP contribution in [0.4, 0.5) is 4.39 Å². The monoisotopic (exact) mass is 312 g/mol. The molecule has 1 nitrogen and oxygen atoms in total. The lowest BCUT2D eigenvalue weighted by molar-refractivity contribution is 0.175. The van der Waals surface area contributed by atoms with Crippen LogP contribution in [0.3, 0.4) is 0 Å². The molecule has 0 heterocycles. The molecule has 1 atom stereocenters. The van der Waals surface area contributed by atoms with E-state index in [1.807, 2.05) is 25.1 Å². The van der Waals surface area contributed by atoms with Gasteiger partial charge in [-0.15, -0.1) is 0 Å². The first-order valence-corrected chi connectivity index (χ1v) is 7.08. The van der Waals surface area contributed by atoms with Gasteiger partial charge in [0.1, 0.15) is 5.82 Å². The minimum Gasteiger partial charge on any atom is -0.392 e. The largest absolute Gasteiger partial charge is 0.392 e. The van der Waals surface area contributed by atoms with Crippen LogP contribution in [0.5, 0.6) is 0 Å². The Balaban J connectivity index is 2.07. The van der Waals surface area contributed by atoms with Crippen molar-refractivity contribution in [2.24, 2.45) is 0 Å². The van der Waals surface area contributed by atoms with Crippen molar-refractivity contribution in [3.05, 3.63) is 69.0 Å². The summed E-state index contributed by atoms with van der Waals surface area (Å²) in [5.41, 5.74) is 2.70. The summed E-state index contributed by atoms with van der Waals surface area (Å²) in [6, 6.07) is 9.92. The molecule has 1 N–H and O–H groups in total. The summed E-state index contributed by atoms with van der Waals surface area (Å²) >= 11 is 12.1. The van der Waals surface area contributed by atoms with E-state index < -0.39 is 6.10 Å².